The molecule has 1 rings (SSSR count). The standard InChI is InChI=1S/C26H44O4/c1-6-22(26(29)30-7-2)24(27)16-12-11-15-23-21(17-18-25(23)28)14-10-8-9-13-20(5)19(3)4/h21-23H,6-18H2,1-5H3/t21-,22?,23+/m0/s1. The van der Waals surface area contributed by atoms with Crippen molar-refractivity contribution in [2.45, 2.75) is 112 Å². The number of carbonyl (C=O) groups excluding carboxylic acids is 3. The summed E-state index contributed by atoms with van der Waals surface area (Å²) >= 11 is 0. The first kappa shape index (κ1) is 26.6. The van der Waals surface area contributed by atoms with E-state index in [-0.39, 0.29) is 11.7 Å². The molecule has 0 spiro atoms. The van der Waals surface area contributed by atoms with Crippen molar-refractivity contribution in [2.24, 2.45) is 17.8 Å². The highest BCUT2D eigenvalue weighted by atomic mass is 16.5. The SMILES string of the molecule is CCOC(=O)C(CC)C(=O)CCCC[C@H]1C(=O)CC[C@@H]1CCCCCC(C)=C(C)C. The summed E-state index contributed by atoms with van der Waals surface area (Å²) in [6.07, 6.45) is 11.2. The molecule has 0 bridgehead atoms. The van der Waals surface area contributed by atoms with E-state index in [1.807, 2.05) is 6.92 Å². The van der Waals surface area contributed by atoms with Gasteiger partial charge in [-0.2, -0.15) is 0 Å². The van der Waals surface area contributed by atoms with E-state index in [1.54, 1.807) is 6.92 Å². The minimum absolute atomic E-state index is 0.0168. The fraction of sp³-hybridized carbons (Fsp3) is 0.808. The van der Waals surface area contributed by atoms with E-state index in [0.29, 0.717) is 31.1 Å². The number of carbonyl (C=O) groups is 3. The molecule has 1 aliphatic carbocycles. The summed E-state index contributed by atoms with van der Waals surface area (Å²) in [4.78, 5) is 36.6. The normalized spacial score (nSPS) is 19.6. The van der Waals surface area contributed by atoms with Crippen LogP contribution in [0.2, 0.25) is 0 Å². The summed E-state index contributed by atoms with van der Waals surface area (Å²) in [6.45, 7) is 10.5. The van der Waals surface area contributed by atoms with Crippen molar-refractivity contribution in [2.75, 3.05) is 6.61 Å². The zero-order chi connectivity index (χ0) is 22.5. The van der Waals surface area contributed by atoms with E-state index in [2.05, 4.69) is 20.8 Å². The number of unbranched alkanes of at least 4 members (excludes halogenated alkanes) is 3. The molecule has 1 aliphatic rings. The molecule has 3 atom stereocenters. The van der Waals surface area contributed by atoms with E-state index < -0.39 is 11.9 Å². The van der Waals surface area contributed by atoms with Gasteiger partial charge in [-0.15, -0.1) is 0 Å². The lowest BCUT2D eigenvalue weighted by molar-refractivity contribution is -0.151. The van der Waals surface area contributed by atoms with Crippen LogP contribution < -0.4 is 0 Å². The molecule has 172 valence electrons. The van der Waals surface area contributed by atoms with Crippen molar-refractivity contribution >= 4 is 17.5 Å². The van der Waals surface area contributed by atoms with Crippen LogP contribution in [0.15, 0.2) is 11.1 Å². The van der Waals surface area contributed by atoms with Gasteiger partial charge in [-0.05, 0) is 78.6 Å². The highest BCUT2D eigenvalue weighted by molar-refractivity contribution is 5.98. The summed E-state index contributed by atoms with van der Waals surface area (Å²) in [7, 11) is 0. The lowest BCUT2D eigenvalue weighted by atomic mass is 9.86. The van der Waals surface area contributed by atoms with E-state index in [1.165, 1.54) is 36.8 Å². The van der Waals surface area contributed by atoms with Crippen LogP contribution >= 0.6 is 0 Å². The van der Waals surface area contributed by atoms with Gasteiger partial charge in [-0.3, -0.25) is 14.4 Å². The molecule has 0 aliphatic heterocycles. The molecule has 0 heterocycles. The Morgan fingerprint density at radius 3 is 2.27 bits per heavy atom. The third kappa shape index (κ3) is 9.14. The van der Waals surface area contributed by atoms with Gasteiger partial charge < -0.3 is 4.74 Å². The Bertz CT molecular complexity index is 586. The van der Waals surface area contributed by atoms with E-state index in [0.717, 1.165) is 38.5 Å². The number of allylic oxidation sites excluding steroid dienone is 2. The van der Waals surface area contributed by atoms with Crippen molar-refractivity contribution in [3.63, 3.8) is 0 Å². The van der Waals surface area contributed by atoms with Gasteiger partial charge in [0, 0.05) is 18.8 Å². The van der Waals surface area contributed by atoms with Crippen molar-refractivity contribution in [3.8, 4) is 0 Å². The molecule has 1 fully saturated rings. The third-order valence-electron chi connectivity index (χ3n) is 6.78. The predicted molar refractivity (Wildman–Crippen MR) is 122 cm³/mol. The average Bonchev–Trinajstić information content (AvgIpc) is 3.05. The zero-order valence-electron chi connectivity index (χ0n) is 20.1. The van der Waals surface area contributed by atoms with Gasteiger partial charge in [0.1, 0.15) is 17.5 Å². The van der Waals surface area contributed by atoms with E-state index in [4.69, 9.17) is 4.74 Å². The molecule has 1 saturated carbocycles. The molecule has 4 heteroatoms. The summed E-state index contributed by atoms with van der Waals surface area (Å²) in [5.41, 5.74) is 2.94. The second-order valence-corrected chi connectivity index (χ2v) is 9.18. The van der Waals surface area contributed by atoms with Crippen molar-refractivity contribution < 1.29 is 19.1 Å². The molecule has 0 saturated heterocycles. The van der Waals surface area contributed by atoms with Crippen molar-refractivity contribution in [3.05, 3.63) is 11.1 Å². The van der Waals surface area contributed by atoms with Crippen LogP contribution in [0.25, 0.3) is 0 Å². The molecule has 1 unspecified atom stereocenters. The number of ether oxygens (including phenoxy) is 1. The molecular weight excluding hydrogens is 376 g/mol. The number of esters is 1. The van der Waals surface area contributed by atoms with Crippen LogP contribution in [0, 0.1) is 17.8 Å². The van der Waals surface area contributed by atoms with Crippen LogP contribution in [0.1, 0.15) is 112 Å². The highest BCUT2D eigenvalue weighted by Crippen LogP contribution is 2.36. The molecule has 0 amide bonds. The van der Waals surface area contributed by atoms with Crippen LogP contribution in [0.3, 0.4) is 0 Å². The Labute approximate surface area is 184 Å². The minimum atomic E-state index is -0.624. The Morgan fingerprint density at radius 2 is 1.63 bits per heavy atom. The van der Waals surface area contributed by atoms with Crippen LogP contribution in [-0.4, -0.2) is 24.1 Å². The maximum atomic E-state index is 12.3. The van der Waals surface area contributed by atoms with Crippen LogP contribution in [0.4, 0.5) is 0 Å². The Hall–Kier alpha value is -1.45. The molecule has 0 aromatic carbocycles. The van der Waals surface area contributed by atoms with Gasteiger partial charge in [0.05, 0.1) is 6.61 Å². The van der Waals surface area contributed by atoms with Crippen molar-refractivity contribution in [1.29, 1.82) is 0 Å². The maximum absolute atomic E-state index is 12.3. The first-order chi connectivity index (χ1) is 14.3. The molecule has 0 radical (unpaired) electrons. The maximum Gasteiger partial charge on any atom is 0.316 e. The van der Waals surface area contributed by atoms with Crippen LogP contribution in [-0.2, 0) is 19.1 Å². The lowest BCUT2D eigenvalue weighted by Crippen LogP contribution is -2.25. The zero-order valence-corrected chi connectivity index (χ0v) is 20.1. The smallest absolute Gasteiger partial charge is 0.316 e. The summed E-state index contributed by atoms with van der Waals surface area (Å²) < 4.78 is 5.00. The number of Topliss-reactive ketones (excluding diaryl/α,β-unsaturated/α-hetero) is 2. The lowest BCUT2D eigenvalue weighted by Gasteiger charge is -2.18. The second kappa shape index (κ2) is 14.5. The first-order valence-electron chi connectivity index (χ1n) is 12.2. The summed E-state index contributed by atoms with van der Waals surface area (Å²) in [6, 6.07) is 0. The van der Waals surface area contributed by atoms with E-state index >= 15 is 0 Å². The fourth-order valence-electron chi connectivity index (χ4n) is 4.55. The molecule has 30 heavy (non-hydrogen) atoms. The van der Waals surface area contributed by atoms with Gasteiger partial charge >= 0.3 is 5.97 Å². The Morgan fingerprint density at radius 1 is 0.967 bits per heavy atom. The summed E-state index contributed by atoms with van der Waals surface area (Å²) in [5.74, 6) is 0.102. The quantitative estimate of drug-likeness (QED) is 0.129. The third-order valence-corrected chi connectivity index (χ3v) is 6.78. The molecule has 4 nitrogen and oxygen atoms in total. The average molecular weight is 421 g/mol. The minimum Gasteiger partial charge on any atom is -0.465 e. The first-order valence-corrected chi connectivity index (χ1v) is 12.2. The monoisotopic (exact) mass is 420 g/mol. The topological polar surface area (TPSA) is 60.4 Å². The second-order valence-electron chi connectivity index (χ2n) is 9.18. The molecule has 0 aromatic rings. The Balaban J connectivity index is 2.32. The predicted octanol–water partition coefficient (Wildman–Crippen LogP) is 6.61. The van der Waals surface area contributed by atoms with E-state index in [9.17, 15) is 14.4 Å². The van der Waals surface area contributed by atoms with Gasteiger partial charge in [-0.1, -0.05) is 37.3 Å². The molecule has 0 aromatic heterocycles. The van der Waals surface area contributed by atoms with Gasteiger partial charge in [0.25, 0.3) is 0 Å². The molecular formula is C26H44O4. The van der Waals surface area contributed by atoms with Crippen LogP contribution in [0.5, 0.6) is 0 Å². The number of hydrogen-bond acceptors (Lipinski definition) is 4. The number of rotatable bonds is 15. The van der Waals surface area contributed by atoms with Gasteiger partial charge in [0.15, 0.2) is 0 Å². The summed E-state index contributed by atoms with van der Waals surface area (Å²) in [5, 5.41) is 0. The van der Waals surface area contributed by atoms with Gasteiger partial charge in [0.2, 0.25) is 0 Å². The largest absolute Gasteiger partial charge is 0.465 e. The number of ketones is 2. The van der Waals surface area contributed by atoms with Crippen molar-refractivity contribution in [1.82, 2.24) is 0 Å². The Kier molecular flexibility index (Phi) is 12.9. The van der Waals surface area contributed by atoms with Gasteiger partial charge in [-0.25, -0.2) is 0 Å². The number of hydrogen-bond donors (Lipinski definition) is 0. The molecule has 0 N–H and O–H groups in total. The highest BCUT2D eigenvalue weighted by Gasteiger charge is 2.33. The fourth-order valence-corrected chi connectivity index (χ4v) is 4.55.